The molecule has 2 aromatic rings. The summed E-state index contributed by atoms with van der Waals surface area (Å²) >= 11 is 0. The Morgan fingerprint density at radius 1 is 1.29 bits per heavy atom. The molecular weight excluding hydrogens is 326 g/mol. The minimum absolute atomic E-state index is 0.213. The van der Waals surface area contributed by atoms with E-state index in [9.17, 15) is 8.42 Å². The van der Waals surface area contributed by atoms with Gasteiger partial charge in [0, 0.05) is 33.4 Å². The van der Waals surface area contributed by atoms with Crippen molar-refractivity contribution in [2.75, 3.05) is 20.6 Å². The number of pyridine rings is 1. The second kappa shape index (κ2) is 6.62. The zero-order valence-corrected chi connectivity index (χ0v) is 15.1. The molecule has 3 heterocycles. The fraction of sp³-hybridized carbons (Fsp3) is 0.500. The Balaban J connectivity index is 1.97. The number of nitrogens with zero attached hydrogens (tertiary/aromatic N) is 5. The minimum Gasteiger partial charge on any atom is -0.264 e. The fourth-order valence-corrected chi connectivity index (χ4v) is 4.42. The summed E-state index contributed by atoms with van der Waals surface area (Å²) in [6.07, 6.45) is 3.39. The average molecular weight is 349 g/mol. The van der Waals surface area contributed by atoms with Crippen LogP contribution in [0.4, 0.5) is 0 Å². The minimum atomic E-state index is -3.44. The highest BCUT2D eigenvalue weighted by atomic mass is 32.2. The van der Waals surface area contributed by atoms with E-state index in [0.29, 0.717) is 6.54 Å². The molecule has 3 rings (SSSR count). The van der Waals surface area contributed by atoms with Gasteiger partial charge in [0.2, 0.25) is 0 Å². The second-order valence-electron chi connectivity index (χ2n) is 6.04. The molecule has 0 radical (unpaired) electrons. The number of hydrogen-bond acceptors (Lipinski definition) is 4. The Hall–Kier alpha value is -1.77. The third-order valence-electron chi connectivity index (χ3n) is 4.35. The first kappa shape index (κ1) is 17.1. The summed E-state index contributed by atoms with van der Waals surface area (Å²) in [6, 6.07) is 7.49. The molecule has 0 aromatic carbocycles. The van der Waals surface area contributed by atoms with Gasteiger partial charge in [0.1, 0.15) is 0 Å². The zero-order valence-electron chi connectivity index (χ0n) is 14.3. The summed E-state index contributed by atoms with van der Waals surface area (Å²) in [5, 5.41) is 4.28. The van der Waals surface area contributed by atoms with Crippen molar-refractivity contribution in [3.63, 3.8) is 0 Å². The highest BCUT2D eigenvalue weighted by Gasteiger charge is 2.37. The molecule has 130 valence electrons. The van der Waals surface area contributed by atoms with Crippen LogP contribution in [0.1, 0.15) is 31.5 Å². The molecule has 1 atom stereocenters. The van der Waals surface area contributed by atoms with E-state index in [0.717, 1.165) is 36.5 Å². The van der Waals surface area contributed by atoms with Crippen LogP contribution in [-0.4, -0.2) is 52.4 Å². The van der Waals surface area contributed by atoms with Gasteiger partial charge < -0.3 is 0 Å². The number of aromatic nitrogens is 3. The normalized spacial score (nSPS) is 19.2. The van der Waals surface area contributed by atoms with Crippen LogP contribution in [0.25, 0.3) is 11.4 Å². The summed E-state index contributed by atoms with van der Waals surface area (Å²) in [5.74, 6) is 0. The van der Waals surface area contributed by atoms with Crippen molar-refractivity contribution in [1.82, 2.24) is 23.4 Å². The predicted molar refractivity (Wildman–Crippen MR) is 92.4 cm³/mol. The standard InChI is InChI=1S/C16H23N5O2S/c1-4-20-15(10-11-17-20)13-7-5-8-14(18-13)16-9-6-12-21(16)24(22,23)19(2)3/h5,7-8,10-11,16H,4,6,9,12H2,1-3H3/t16-/m0/s1. The lowest BCUT2D eigenvalue weighted by Crippen LogP contribution is -2.39. The Kier molecular flexibility index (Phi) is 4.71. The lowest BCUT2D eigenvalue weighted by Gasteiger charge is -2.26. The van der Waals surface area contributed by atoms with Gasteiger partial charge in [0.05, 0.1) is 23.1 Å². The highest BCUT2D eigenvalue weighted by molar-refractivity contribution is 7.86. The maximum atomic E-state index is 12.5. The number of hydrogen-bond donors (Lipinski definition) is 0. The van der Waals surface area contributed by atoms with Gasteiger partial charge in [-0.2, -0.15) is 22.1 Å². The van der Waals surface area contributed by atoms with E-state index < -0.39 is 10.2 Å². The van der Waals surface area contributed by atoms with Gasteiger partial charge in [0.25, 0.3) is 10.2 Å². The molecule has 24 heavy (non-hydrogen) atoms. The zero-order chi connectivity index (χ0) is 17.3. The van der Waals surface area contributed by atoms with Crippen LogP contribution < -0.4 is 0 Å². The molecule has 1 saturated heterocycles. The number of rotatable bonds is 5. The maximum absolute atomic E-state index is 12.5. The van der Waals surface area contributed by atoms with Crippen molar-refractivity contribution < 1.29 is 8.42 Å². The third kappa shape index (κ3) is 2.97. The van der Waals surface area contributed by atoms with Crippen LogP contribution in [0.2, 0.25) is 0 Å². The highest BCUT2D eigenvalue weighted by Crippen LogP contribution is 2.34. The van der Waals surface area contributed by atoms with Gasteiger partial charge in [-0.25, -0.2) is 4.98 Å². The smallest absolute Gasteiger partial charge is 0.264 e. The summed E-state index contributed by atoms with van der Waals surface area (Å²) in [6.45, 7) is 3.32. The van der Waals surface area contributed by atoms with Crippen molar-refractivity contribution in [2.45, 2.75) is 32.4 Å². The lowest BCUT2D eigenvalue weighted by molar-refractivity contribution is 0.358. The summed E-state index contributed by atoms with van der Waals surface area (Å²) in [5.41, 5.74) is 2.56. The molecule has 8 heteroatoms. The topological polar surface area (TPSA) is 71.3 Å². The molecule has 1 fully saturated rings. The van der Waals surface area contributed by atoms with Gasteiger partial charge >= 0.3 is 0 Å². The van der Waals surface area contributed by atoms with Crippen LogP contribution in [0.5, 0.6) is 0 Å². The monoisotopic (exact) mass is 349 g/mol. The quantitative estimate of drug-likeness (QED) is 0.827. The molecule has 7 nitrogen and oxygen atoms in total. The van der Waals surface area contributed by atoms with Crippen LogP contribution >= 0.6 is 0 Å². The molecule has 1 aliphatic heterocycles. The summed E-state index contributed by atoms with van der Waals surface area (Å²) < 4.78 is 29.8. The molecule has 0 bridgehead atoms. The molecule has 0 N–H and O–H groups in total. The first-order chi connectivity index (χ1) is 11.4. The van der Waals surface area contributed by atoms with Gasteiger partial charge in [-0.15, -0.1) is 0 Å². The van der Waals surface area contributed by atoms with Gasteiger partial charge in [-0.1, -0.05) is 6.07 Å². The molecule has 0 aliphatic carbocycles. The molecule has 2 aromatic heterocycles. The van der Waals surface area contributed by atoms with Crippen molar-refractivity contribution in [2.24, 2.45) is 0 Å². The molecule has 1 aliphatic rings. The van der Waals surface area contributed by atoms with E-state index in [1.54, 1.807) is 24.6 Å². The van der Waals surface area contributed by atoms with E-state index in [-0.39, 0.29) is 6.04 Å². The van der Waals surface area contributed by atoms with E-state index in [4.69, 9.17) is 4.98 Å². The third-order valence-corrected chi connectivity index (χ3v) is 6.30. The van der Waals surface area contributed by atoms with E-state index in [1.807, 2.05) is 35.9 Å². The average Bonchev–Trinajstić information content (AvgIpc) is 3.24. The van der Waals surface area contributed by atoms with Crippen LogP contribution in [0, 0.1) is 0 Å². The van der Waals surface area contributed by atoms with Crippen molar-refractivity contribution >= 4 is 10.2 Å². The second-order valence-corrected chi connectivity index (χ2v) is 8.13. The molecule has 0 unspecified atom stereocenters. The van der Waals surface area contributed by atoms with Crippen LogP contribution in [0.3, 0.4) is 0 Å². The molecular formula is C16H23N5O2S. The van der Waals surface area contributed by atoms with E-state index >= 15 is 0 Å². The maximum Gasteiger partial charge on any atom is 0.282 e. The predicted octanol–water partition coefficient (Wildman–Crippen LogP) is 1.91. The summed E-state index contributed by atoms with van der Waals surface area (Å²) in [4.78, 5) is 4.74. The van der Waals surface area contributed by atoms with E-state index in [2.05, 4.69) is 5.10 Å². The van der Waals surface area contributed by atoms with Gasteiger partial charge in [0.15, 0.2) is 0 Å². The molecule has 0 spiro atoms. The number of aryl methyl sites for hydroxylation is 1. The van der Waals surface area contributed by atoms with Crippen molar-refractivity contribution in [3.8, 4) is 11.4 Å². The lowest BCUT2D eigenvalue weighted by atomic mass is 10.1. The van der Waals surface area contributed by atoms with Crippen molar-refractivity contribution in [3.05, 3.63) is 36.2 Å². The Labute approximate surface area is 143 Å². The Morgan fingerprint density at radius 3 is 2.79 bits per heavy atom. The Morgan fingerprint density at radius 2 is 2.08 bits per heavy atom. The molecule has 0 amide bonds. The van der Waals surface area contributed by atoms with Gasteiger partial charge in [-0.3, -0.25) is 4.68 Å². The van der Waals surface area contributed by atoms with Crippen molar-refractivity contribution in [1.29, 1.82) is 0 Å². The van der Waals surface area contributed by atoms with Crippen LogP contribution in [0.15, 0.2) is 30.5 Å². The summed E-state index contributed by atoms with van der Waals surface area (Å²) in [7, 11) is -0.317. The van der Waals surface area contributed by atoms with E-state index in [1.165, 1.54) is 4.31 Å². The fourth-order valence-electron chi connectivity index (χ4n) is 3.10. The first-order valence-electron chi connectivity index (χ1n) is 8.13. The SMILES string of the molecule is CCn1nccc1-c1cccc([C@@H]2CCCN2S(=O)(=O)N(C)C)n1. The largest absolute Gasteiger partial charge is 0.282 e. The first-order valence-corrected chi connectivity index (χ1v) is 9.53. The van der Waals surface area contributed by atoms with Gasteiger partial charge in [-0.05, 0) is 38.0 Å². The Bertz CT molecular complexity index is 815. The molecule has 0 saturated carbocycles. The van der Waals surface area contributed by atoms with Crippen LogP contribution in [-0.2, 0) is 16.8 Å².